The Morgan fingerprint density at radius 3 is 2.30 bits per heavy atom. The van der Waals surface area contributed by atoms with Gasteiger partial charge in [-0.3, -0.25) is 14.5 Å². The first-order valence-corrected chi connectivity index (χ1v) is 6.75. The number of benzene rings is 1. The molecule has 5 nitrogen and oxygen atoms in total. The Balaban J connectivity index is 0.00000361. The fourth-order valence-electron chi connectivity index (χ4n) is 1.96. The molecule has 3 N–H and O–H groups in total. The van der Waals surface area contributed by atoms with Crippen molar-refractivity contribution >= 4 is 40.2 Å². The summed E-state index contributed by atoms with van der Waals surface area (Å²) in [6, 6.07) is 6.42. The van der Waals surface area contributed by atoms with Crippen molar-refractivity contribution in [3.63, 3.8) is 0 Å². The lowest BCUT2D eigenvalue weighted by atomic mass is 10.0. The Kier molecular flexibility index (Phi) is 8.45. The molecule has 0 aliphatic rings. The average Bonchev–Trinajstić information content (AvgIpc) is 2.31. The quantitative estimate of drug-likeness (QED) is 0.776. The van der Waals surface area contributed by atoms with Gasteiger partial charge in [0.15, 0.2) is 0 Å². The zero-order chi connectivity index (χ0) is 14.4. The SMILES string of the molecule is CCCN(CC(=O)O)C(C(N)=O)c1ccc(Br)cc1.Cl. The molecule has 0 fully saturated rings. The Morgan fingerprint density at radius 1 is 1.35 bits per heavy atom. The van der Waals surface area contributed by atoms with Crippen LogP contribution in [0.5, 0.6) is 0 Å². The smallest absolute Gasteiger partial charge is 0.317 e. The van der Waals surface area contributed by atoms with Gasteiger partial charge in [-0.2, -0.15) is 0 Å². The van der Waals surface area contributed by atoms with Gasteiger partial charge in [-0.25, -0.2) is 0 Å². The van der Waals surface area contributed by atoms with Crippen molar-refractivity contribution in [2.24, 2.45) is 5.73 Å². The van der Waals surface area contributed by atoms with Crippen LogP contribution in [0.25, 0.3) is 0 Å². The first-order valence-electron chi connectivity index (χ1n) is 5.96. The van der Waals surface area contributed by atoms with E-state index in [9.17, 15) is 9.59 Å². The number of carbonyl (C=O) groups is 2. The van der Waals surface area contributed by atoms with Crippen molar-refractivity contribution in [3.05, 3.63) is 34.3 Å². The number of halogens is 2. The summed E-state index contributed by atoms with van der Waals surface area (Å²) < 4.78 is 0.889. The first kappa shape index (κ1) is 18.9. The zero-order valence-electron chi connectivity index (χ0n) is 11.1. The fourth-order valence-corrected chi connectivity index (χ4v) is 2.22. The molecule has 0 spiro atoms. The van der Waals surface area contributed by atoms with Crippen LogP contribution in [-0.2, 0) is 9.59 Å². The molecule has 1 atom stereocenters. The van der Waals surface area contributed by atoms with E-state index in [2.05, 4.69) is 15.9 Å². The van der Waals surface area contributed by atoms with Gasteiger partial charge < -0.3 is 10.8 Å². The molecule has 0 saturated heterocycles. The molecule has 1 amide bonds. The Morgan fingerprint density at radius 2 is 1.90 bits per heavy atom. The highest BCUT2D eigenvalue weighted by molar-refractivity contribution is 9.10. The van der Waals surface area contributed by atoms with Crippen molar-refractivity contribution in [2.45, 2.75) is 19.4 Å². The van der Waals surface area contributed by atoms with Gasteiger partial charge in [0.2, 0.25) is 5.91 Å². The lowest BCUT2D eigenvalue weighted by Crippen LogP contribution is -2.41. The number of nitrogens with zero attached hydrogens (tertiary/aromatic N) is 1. The standard InChI is InChI=1S/C13H17BrN2O3.ClH/c1-2-7-16(8-11(17)18)12(13(15)19)9-3-5-10(14)6-4-9;/h3-6,12H,2,7-8H2,1H3,(H2,15,19)(H,17,18);1H. The second-order valence-corrected chi connectivity index (χ2v) is 5.14. The maximum absolute atomic E-state index is 11.7. The van der Waals surface area contributed by atoms with E-state index in [1.54, 1.807) is 29.2 Å². The summed E-state index contributed by atoms with van der Waals surface area (Å²) in [6.45, 7) is 2.21. The minimum absolute atomic E-state index is 0. The largest absolute Gasteiger partial charge is 0.480 e. The zero-order valence-corrected chi connectivity index (χ0v) is 13.5. The second kappa shape index (κ2) is 8.94. The minimum atomic E-state index is -0.975. The van der Waals surface area contributed by atoms with Gasteiger partial charge in [-0.05, 0) is 30.7 Å². The summed E-state index contributed by atoms with van der Waals surface area (Å²) in [5.41, 5.74) is 6.13. The normalized spacial score (nSPS) is 11.8. The van der Waals surface area contributed by atoms with Crippen molar-refractivity contribution in [2.75, 3.05) is 13.1 Å². The summed E-state index contributed by atoms with van der Waals surface area (Å²) in [5.74, 6) is -1.52. The van der Waals surface area contributed by atoms with E-state index in [1.807, 2.05) is 6.92 Å². The Hall–Kier alpha value is -1.11. The molecule has 0 radical (unpaired) electrons. The predicted molar refractivity (Wildman–Crippen MR) is 82.8 cm³/mol. The van der Waals surface area contributed by atoms with Crippen LogP contribution in [0.2, 0.25) is 0 Å². The van der Waals surface area contributed by atoms with Crippen LogP contribution >= 0.6 is 28.3 Å². The molecule has 7 heteroatoms. The number of hydrogen-bond donors (Lipinski definition) is 2. The van der Waals surface area contributed by atoms with Crippen LogP contribution in [0.15, 0.2) is 28.7 Å². The number of nitrogens with two attached hydrogens (primary N) is 1. The summed E-state index contributed by atoms with van der Waals surface area (Å²) in [6.07, 6.45) is 0.744. The van der Waals surface area contributed by atoms with E-state index in [4.69, 9.17) is 10.8 Å². The van der Waals surface area contributed by atoms with Crippen LogP contribution in [0.1, 0.15) is 24.9 Å². The monoisotopic (exact) mass is 364 g/mol. The number of carbonyl (C=O) groups excluding carboxylic acids is 1. The number of carboxylic acids is 1. The number of primary amides is 1. The lowest BCUT2D eigenvalue weighted by Gasteiger charge is -2.28. The number of rotatable bonds is 7. The minimum Gasteiger partial charge on any atom is -0.480 e. The van der Waals surface area contributed by atoms with Crippen LogP contribution in [0, 0.1) is 0 Å². The third kappa shape index (κ3) is 5.48. The van der Waals surface area contributed by atoms with E-state index >= 15 is 0 Å². The van der Waals surface area contributed by atoms with Crippen LogP contribution in [0.3, 0.4) is 0 Å². The number of amides is 1. The highest BCUT2D eigenvalue weighted by atomic mass is 79.9. The third-order valence-electron chi connectivity index (χ3n) is 2.67. The second-order valence-electron chi connectivity index (χ2n) is 4.22. The molecule has 0 aliphatic carbocycles. The molecule has 0 aromatic heterocycles. The molecule has 0 heterocycles. The molecular formula is C13H18BrClN2O3. The van der Waals surface area contributed by atoms with Crippen molar-refractivity contribution in [1.29, 1.82) is 0 Å². The highest BCUT2D eigenvalue weighted by Gasteiger charge is 2.26. The maximum atomic E-state index is 11.7. The van der Waals surface area contributed by atoms with Gasteiger partial charge in [0.1, 0.15) is 6.04 Å². The molecule has 1 unspecified atom stereocenters. The average molecular weight is 366 g/mol. The van der Waals surface area contributed by atoms with Gasteiger partial charge in [0, 0.05) is 4.47 Å². The van der Waals surface area contributed by atoms with Crippen LogP contribution < -0.4 is 5.73 Å². The highest BCUT2D eigenvalue weighted by Crippen LogP contribution is 2.22. The van der Waals surface area contributed by atoms with Gasteiger partial charge in [0.25, 0.3) is 0 Å². The molecule has 20 heavy (non-hydrogen) atoms. The molecule has 0 saturated carbocycles. The molecule has 1 aromatic carbocycles. The lowest BCUT2D eigenvalue weighted by molar-refractivity contribution is -0.139. The molecule has 1 aromatic rings. The summed E-state index contributed by atoms with van der Waals surface area (Å²) in [4.78, 5) is 24.1. The van der Waals surface area contributed by atoms with E-state index in [0.717, 1.165) is 10.9 Å². The summed E-state index contributed by atoms with van der Waals surface area (Å²) in [7, 11) is 0. The third-order valence-corrected chi connectivity index (χ3v) is 3.20. The van der Waals surface area contributed by atoms with Gasteiger partial charge >= 0.3 is 5.97 Å². The number of hydrogen-bond acceptors (Lipinski definition) is 3. The number of aliphatic carboxylic acids is 1. The number of carboxylic acid groups (broad SMARTS) is 1. The topological polar surface area (TPSA) is 83.6 Å². The van der Waals surface area contributed by atoms with E-state index in [0.29, 0.717) is 12.1 Å². The van der Waals surface area contributed by atoms with E-state index < -0.39 is 17.9 Å². The summed E-state index contributed by atoms with van der Waals surface area (Å²) in [5, 5.41) is 8.93. The fraction of sp³-hybridized carbons (Fsp3) is 0.385. The summed E-state index contributed by atoms with van der Waals surface area (Å²) >= 11 is 3.32. The first-order chi connectivity index (χ1) is 8.95. The maximum Gasteiger partial charge on any atom is 0.317 e. The van der Waals surface area contributed by atoms with E-state index in [-0.39, 0.29) is 19.0 Å². The molecule has 0 bridgehead atoms. The van der Waals surface area contributed by atoms with Gasteiger partial charge in [-0.15, -0.1) is 12.4 Å². The van der Waals surface area contributed by atoms with Crippen molar-refractivity contribution < 1.29 is 14.7 Å². The van der Waals surface area contributed by atoms with Gasteiger partial charge in [-0.1, -0.05) is 35.0 Å². The van der Waals surface area contributed by atoms with Crippen molar-refractivity contribution in [3.8, 4) is 0 Å². The molecule has 112 valence electrons. The Bertz CT molecular complexity index is 453. The van der Waals surface area contributed by atoms with Crippen LogP contribution in [-0.4, -0.2) is 35.0 Å². The van der Waals surface area contributed by atoms with E-state index in [1.165, 1.54) is 0 Å². The van der Waals surface area contributed by atoms with Crippen LogP contribution in [0.4, 0.5) is 0 Å². The predicted octanol–water partition coefficient (Wildman–Crippen LogP) is 2.19. The molecular weight excluding hydrogens is 348 g/mol. The molecule has 1 rings (SSSR count). The molecule has 0 aliphatic heterocycles. The Labute approximate surface area is 132 Å². The van der Waals surface area contributed by atoms with Crippen molar-refractivity contribution in [1.82, 2.24) is 4.90 Å². The van der Waals surface area contributed by atoms with Gasteiger partial charge in [0.05, 0.1) is 6.54 Å².